The smallest absolute Gasteiger partial charge is 0.337 e. The van der Waals surface area contributed by atoms with E-state index in [1.54, 1.807) is 6.07 Å². The predicted molar refractivity (Wildman–Crippen MR) is 60.6 cm³/mol. The number of nitrogens with two attached hydrogens (primary N) is 1. The first-order valence-electron chi connectivity index (χ1n) is 4.74. The molecule has 0 amide bonds. The number of hydrogen-bond donors (Lipinski definition) is 1. The largest absolute Gasteiger partial charge is 0.465 e. The fourth-order valence-corrected chi connectivity index (χ4v) is 1.30. The minimum Gasteiger partial charge on any atom is -0.465 e. The van der Waals surface area contributed by atoms with Gasteiger partial charge in [-0.2, -0.15) is 0 Å². The molecule has 0 radical (unpaired) electrons. The number of hydrogen-bond acceptors (Lipinski definition) is 3. The third-order valence-electron chi connectivity index (χ3n) is 2.12. The van der Waals surface area contributed by atoms with Crippen LogP contribution in [0.3, 0.4) is 0 Å². The van der Waals surface area contributed by atoms with E-state index in [2.05, 4.69) is 4.74 Å². The third-order valence-corrected chi connectivity index (χ3v) is 2.12. The molecule has 0 aliphatic carbocycles. The Kier molecular flexibility index (Phi) is 4.06. The molecule has 0 aliphatic heterocycles. The van der Waals surface area contributed by atoms with E-state index in [9.17, 15) is 4.79 Å². The summed E-state index contributed by atoms with van der Waals surface area (Å²) in [7, 11) is 1.37. The van der Waals surface area contributed by atoms with Crippen molar-refractivity contribution in [2.24, 2.45) is 5.73 Å². The van der Waals surface area contributed by atoms with Gasteiger partial charge in [0.15, 0.2) is 0 Å². The summed E-state index contributed by atoms with van der Waals surface area (Å²) in [6.07, 6.45) is 3.82. The Morgan fingerprint density at radius 1 is 1.53 bits per heavy atom. The van der Waals surface area contributed by atoms with Gasteiger partial charge in [-0.3, -0.25) is 0 Å². The highest BCUT2D eigenvalue weighted by Crippen LogP contribution is 2.13. The van der Waals surface area contributed by atoms with Crippen LogP contribution < -0.4 is 5.73 Å². The number of methoxy groups -OCH3 is 1. The van der Waals surface area contributed by atoms with Crippen molar-refractivity contribution in [3.63, 3.8) is 0 Å². The maximum absolute atomic E-state index is 11.2. The van der Waals surface area contributed by atoms with Crippen LogP contribution in [0.4, 0.5) is 0 Å². The molecule has 0 fully saturated rings. The fraction of sp³-hybridized carbons (Fsp3) is 0.250. The molecular formula is C12H15NO2. The number of aryl methyl sites for hydroxylation is 1. The van der Waals surface area contributed by atoms with Crippen LogP contribution in [-0.2, 0) is 4.74 Å². The van der Waals surface area contributed by atoms with E-state index in [0.717, 1.165) is 11.1 Å². The Hall–Kier alpha value is -1.61. The van der Waals surface area contributed by atoms with Crippen molar-refractivity contribution < 1.29 is 9.53 Å². The average molecular weight is 205 g/mol. The second-order valence-corrected chi connectivity index (χ2v) is 3.20. The zero-order chi connectivity index (χ0) is 11.3. The van der Waals surface area contributed by atoms with Gasteiger partial charge in [-0.05, 0) is 30.2 Å². The van der Waals surface area contributed by atoms with Gasteiger partial charge >= 0.3 is 5.97 Å². The Morgan fingerprint density at radius 2 is 2.27 bits per heavy atom. The van der Waals surface area contributed by atoms with E-state index in [1.165, 1.54) is 7.11 Å². The van der Waals surface area contributed by atoms with Crippen molar-refractivity contribution in [1.82, 2.24) is 0 Å². The minimum atomic E-state index is -0.313. The van der Waals surface area contributed by atoms with E-state index < -0.39 is 0 Å². The van der Waals surface area contributed by atoms with Crippen LogP contribution in [0.2, 0.25) is 0 Å². The van der Waals surface area contributed by atoms with Crippen LogP contribution in [-0.4, -0.2) is 19.6 Å². The van der Waals surface area contributed by atoms with Gasteiger partial charge < -0.3 is 10.5 Å². The molecule has 0 bridgehead atoms. The predicted octanol–water partition coefficient (Wildman–Crippen LogP) is 1.75. The molecule has 15 heavy (non-hydrogen) atoms. The van der Waals surface area contributed by atoms with Gasteiger partial charge in [-0.25, -0.2) is 4.79 Å². The van der Waals surface area contributed by atoms with Crippen molar-refractivity contribution in [1.29, 1.82) is 0 Å². The van der Waals surface area contributed by atoms with Crippen LogP contribution in [0, 0.1) is 6.92 Å². The SMILES string of the molecule is COC(=O)c1ccc(C=CCN)c(C)c1. The van der Waals surface area contributed by atoms with Crippen LogP contribution in [0.1, 0.15) is 21.5 Å². The number of esters is 1. The summed E-state index contributed by atoms with van der Waals surface area (Å²) < 4.78 is 4.64. The van der Waals surface area contributed by atoms with Crippen molar-refractivity contribution in [3.05, 3.63) is 41.0 Å². The van der Waals surface area contributed by atoms with Gasteiger partial charge in [0.25, 0.3) is 0 Å². The molecule has 0 spiro atoms. The lowest BCUT2D eigenvalue weighted by molar-refractivity contribution is 0.0600. The van der Waals surface area contributed by atoms with Gasteiger partial charge in [-0.1, -0.05) is 18.2 Å². The maximum atomic E-state index is 11.2. The monoisotopic (exact) mass is 205 g/mol. The van der Waals surface area contributed by atoms with E-state index in [1.807, 2.05) is 31.2 Å². The molecule has 0 aromatic heterocycles. The lowest BCUT2D eigenvalue weighted by Crippen LogP contribution is -2.01. The Labute approximate surface area is 89.5 Å². The molecule has 0 saturated heterocycles. The van der Waals surface area contributed by atoms with Crippen molar-refractivity contribution in [3.8, 4) is 0 Å². The fourth-order valence-electron chi connectivity index (χ4n) is 1.30. The van der Waals surface area contributed by atoms with Crippen LogP contribution in [0.5, 0.6) is 0 Å². The van der Waals surface area contributed by atoms with Gasteiger partial charge in [0.2, 0.25) is 0 Å². The first-order valence-corrected chi connectivity index (χ1v) is 4.74. The summed E-state index contributed by atoms with van der Waals surface area (Å²) in [6, 6.07) is 5.44. The quantitative estimate of drug-likeness (QED) is 0.765. The van der Waals surface area contributed by atoms with Crippen molar-refractivity contribution in [2.75, 3.05) is 13.7 Å². The number of rotatable bonds is 3. The van der Waals surface area contributed by atoms with Gasteiger partial charge in [0, 0.05) is 6.54 Å². The minimum absolute atomic E-state index is 0.313. The molecule has 80 valence electrons. The van der Waals surface area contributed by atoms with Crippen LogP contribution in [0.15, 0.2) is 24.3 Å². The summed E-state index contributed by atoms with van der Waals surface area (Å²) in [5.74, 6) is -0.313. The normalized spacial score (nSPS) is 10.6. The van der Waals surface area contributed by atoms with Crippen molar-refractivity contribution >= 4 is 12.0 Å². The first-order chi connectivity index (χ1) is 7.19. The zero-order valence-corrected chi connectivity index (χ0v) is 8.99. The lowest BCUT2D eigenvalue weighted by Gasteiger charge is -2.03. The van der Waals surface area contributed by atoms with Gasteiger partial charge in [-0.15, -0.1) is 0 Å². The van der Waals surface area contributed by atoms with E-state index in [0.29, 0.717) is 12.1 Å². The van der Waals surface area contributed by atoms with Crippen LogP contribution >= 0.6 is 0 Å². The summed E-state index contributed by atoms with van der Waals surface area (Å²) in [5, 5.41) is 0. The molecule has 1 aromatic rings. The molecule has 0 heterocycles. The highest BCUT2D eigenvalue weighted by molar-refractivity contribution is 5.89. The molecule has 0 atom stereocenters. The standard InChI is InChI=1S/C12H15NO2/c1-9-8-11(12(14)15-2)6-5-10(9)4-3-7-13/h3-6,8H,7,13H2,1-2H3. The van der Waals surface area contributed by atoms with Crippen LogP contribution in [0.25, 0.3) is 6.08 Å². The number of carbonyl (C=O) groups is 1. The summed E-state index contributed by atoms with van der Waals surface area (Å²) in [5.41, 5.74) is 8.03. The molecule has 0 unspecified atom stereocenters. The topological polar surface area (TPSA) is 52.3 Å². The number of benzene rings is 1. The molecule has 3 nitrogen and oxygen atoms in total. The highest BCUT2D eigenvalue weighted by Gasteiger charge is 2.05. The van der Waals surface area contributed by atoms with E-state index in [4.69, 9.17) is 5.73 Å². The third kappa shape index (κ3) is 2.92. The zero-order valence-electron chi connectivity index (χ0n) is 8.99. The Balaban J connectivity index is 2.98. The molecule has 2 N–H and O–H groups in total. The highest BCUT2D eigenvalue weighted by atomic mass is 16.5. The molecule has 0 saturated carbocycles. The summed E-state index contributed by atoms with van der Waals surface area (Å²) in [6.45, 7) is 2.46. The van der Waals surface area contributed by atoms with E-state index >= 15 is 0 Å². The second-order valence-electron chi connectivity index (χ2n) is 3.20. The molecular weight excluding hydrogens is 190 g/mol. The van der Waals surface area contributed by atoms with Gasteiger partial charge in [0.1, 0.15) is 0 Å². The number of carbonyl (C=O) groups excluding carboxylic acids is 1. The van der Waals surface area contributed by atoms with E-state index in [-0.39, 0.29) is 5.97 Å². The molecule has 3 heteroatoms. The Bertz CT molecular complexity index is 383. The lowest BCUT2D eigenvalue weighted by atomic mass is 10.0. The summed E-state index contributed by atoms with van der Waals surface area (Å²) >= 11 is 0. The van der Waals surface area contributed by atoms with Gasteiger partial charge in [0.05, 0.1) is 12.7 Å². The number of ether oxygens (including phenoxy) is 1. The second kappa shape index (κ2) is 5.32. The first kappa shape index (κ1) is 11.5. The molecule has 0 aliphatic rings. The molecule has 1 aromatic carbocycles. The Morgan fingerprint density at radius 3 is 2.80 bits per heavy atom. The maximum Gasteiger partial charge on any atom is 0.337 e. The van der Waals surface area contributed by atoms with Crippen molar-refractivity contribution in [2.45, 2.75) is 6.92 Å². The summed E-state index contributed by atoms with van der Waals surface area (Å²) in [4.78, 5) is 11.2. The molecule has 1 rings (SSSR count). The average Bonchev–Trinajstić information content (AvgIpc) is 2.26.